The number of esters is 1. The Hall–Kier alpha value is -7.88. The molecule has 336 valence electrons. The first-order chi connectivity index (χ1) is 31.1. The highest BCUT2D eigenvalue weighted by molar-refractivity contribution is 6.39. The fourth-order valence-corrected chi connectivity index (χ4v) is 6.50. The van der Waals surface area contributed by atoms with Gasteiger partial charge in [0.2, 0.25) is 17.8 Å². The summed E-state index contributed by atoms with van der Waals surface area (Å²) in [6, 6.07) is 19.9. The summed E-state index contributed by atoms with van der Waals surface area (Å²) in [7, 11) is 1.06. The van der Waals surface area contributed by atoms with E-state index in [2.05, 4.69) is 46.5 Å². The van der Waals surface area contributed by atoms with Gasteiger partial charge in [-0.2, -0.15) is 28.1 Å². The van der Waals surface area contributed by atoms with E-state index in [4.69, 9.17) is 25.8 Å². The van der Waals surface area contributed by atoms with Crippen molar-refractivity contribution in [2.24, 2.45) is 0 Å². The Morgan fingerprint density at radius 2 is 1.49 bits per heavy atom. The molecule has 19 nitrogen and oxygen atoms in total. The second-order valence-corrected chi connectivity index (χ2v) is 14.8. The number of pyridine rings is 1. The lowest BCUT2D eigenvalue weighted by atomic mass is 10.1. The molecule has 3 aromatic carbocycles. The van der Waals surface area contributed by atoms with Crippen LogP contribution in [-0.4, -0.2) is 106 Å². The lowest BCUT2D eigenvalue weighted by molar-refractivity contribution is -0.154. The average Bonchev–Trinajstić information content (AvgIpc) is 4.03. The van der Waals surface area contributed by atoms with Crippen LogP contribution in [0.15, 0.2) is 91.1 Å². The number of halogens is 4. The molecule has 1 atom stereocenters. The van der Waals surface area contributed by atoms with Crippen molar-refractivity contribution in [1.29, 1.82) is 0 Å². The van der Waals surface area contributed by atoms with Gasteiger partial charge in [-0.05, 0) is 73.0 Å². The minimum absolute atomic E-state index is 0.0297. The highest BCUT2D eigenvalue weighted by Crippen LogP contribution is 2.48. The van der Waals surface area contributed by atoms with E-state index in [-0.39, 0.29) is 42.2 Å². The molecule has 1 fully saturated rings. The smallest absolute Gasteiger partial charge is 0.422 e. The number of nitrogens with one attached hydrogen (secondary N) is 5. The molecule has 5 amide bonds. The van der Waals surface area contributed by atoms with Crippen LogP contribution in [-0.2, 0) is 24.7 Å². The van der Waals surface area contributed by atoms with Crippen LogP contribution >= 0.6 is 11.6 Å². The topological polar surface area (TPSA) is 245 Å². The number of carbonyl (C=O) groups excluding carboxylic acids is 6. The van der Waals surface area contributed by atoms with Gasteiger partial charge in [-0.15, -0.1) is 0 Å². The molecule has 0 unspecified atom stereocenters. The number of aromatic nitrogens is 4. The lowest BCUT2D eigenvalue weighted by Crippen LogP contribution is -2.50. The van der Waals surface area contributed by atoms with E-state index >= 15 is 0 Å². The molecule has 2 aliphatic rings. The van der Waals surface area contributed by atoms with E-state index in [9.17, 15) is 41.9 Å². The third-order valence-corrected chi connectivity index (χ3v) is 10.0. The van der Waals surface area contributed by atoms with Gasteiger partial charge in [-0.1, -0.05) is 35.9 Å². The highest BCUT2D eigenvalue weighted by Gasteiger charge is 2.45. The van der Waals surface area contributed by atoms with E-state index in [0.29, 0.717) is 34.7 Å². The SMILES string of the molecule is COC(=O)[C@H](CNC(=O)C(=O)Nc1ccc(OCCN2C(=O)c3ccccc3C2=O)nc1)NC(=O)c1ccc(Nc2nc(NC3(c4ccc(Cl)cc4)CC3)nc(OCC(F)(F)F)n2)cc1. The summed E-state index contributed by atoms with van der Waals surface area (Å²) in [4.78, 5) is 93.6. The van der Waals surface area contributed by atoms with Gasteiger partial charge in [0.15, 0.2) is 6.61 Å². The summed E-state index contributed by atoms with van der Waals surface area (Å²) in [5.41, 5.74) is 1.36. The highest BCUT2D eigenvalue weighted by atomic mass is 35.5. The Labute approximate surface area is 371 Å². The molecule has 2 aromatic heterocycles. The second kappa shape index (κ2) is 19.2. The number of fused-ring (bicyclic) bond motifs is 1. The fraction of sp³-hybridized carbons (Fsp3) is 0.238. The van der Waals surface area contributed by atoms with Gasteiger partial charge in [0.1, 0.15) is 12.6 Å². The Morgan fingerprint density at radius 1 is 0.831 bits per heavy atom. The number of hydrogen-bond donors (Lipinski definition) is 5. The Balaban J connectivity index is 0.903. The third kappa shape index (κ3) is 11.4. The minimum Gasteiger partial charge on any atom is -0.476 e. The van der Waals surface area contributed by atoms with E-state index < -0.39 is 72.4 Å². The Kier molecular flexibility index (Phi) is 13.4. The van der Waals surface area contributed by atoms with Crippen LogP contribution in [0.25, 0.3) is 0 Å². The van der Waals surface area contributed by atoms with Crippen molar-refractivity contribution in [3.63, 3.8) is 0 Å². The molecule has 7 rings (SSSR count). The number of imide groups is 1. The number of nitrogens with zero attached hydrogens (tertiary/aromatic N) is 5. The molecule has 1 saturated carbocycles. The summed E-state index contributed by atoms with van der Waals surface area (Å²) in [5.74, 6) is -4.98. The van der Waals surface area contributed by atoms with E-state index in [0.717, 1.165) is 17.6 Å². The molecular weight excluding hydrogens is 881 g/mol. The predicted molar refractivity (Wildman–Crippen MR) is 224 cm³/mol. The van der Waals surface area contributed by atoms with E-state index in [1.54, 1.807) is 36.4 Å². The van der Waals surface area contributed by atoms with Crippen molar-refractivity contribution in [2.75, 3.05) is 49.4 Å². The van der Waals surface area contributed by atoms with Crippen LogP contribution in [0.4, 0.5) is 36.4 Å². The van der Waals surface area contributed by atoms with Crippen LogP contribution in [0, 0.1) is 0 Å². The first kappa shape index (κ1) is 45.2. The van der Waals surface area contributed by atoms with Gasteiger partial charge in [0, 0.05) is 28.9 Å². The maximum absolute atomic E-state index is 13.2. The maximum Gasteiger partial charge on any atom is 0.422 e. The molecule has 23 heteroatoms. The van der Waals surface area contributed by atoms with Crippen LogP contribution < -0.4 is 36.1 Å². The molecule has 5 N–H and O–H groups in total. The Morgan fingerprint density at radius 3 is 2.11 bits per heavy atom. The summed E-state index contributed by atoms with van der Waals surface area (Å²) < 4.78 is 54.2. The lowest BCUT2D eigenvalue weighted by Gasteiger charge is -2.19. The van der Waals surface area contributed by atoms with Crippen molar-refractivity contribution >= 4 is 70.4 Å². The number of amides is 5. The van der Waals surface area contributed by atoms with Crippen molar-refractivity contribution in [1.82, 2.24) is 35.5 Å². The van der Waals surface area contributed by atoms with Gasteiger partial charge >= 0.3 is 30.0 Å². The summed E-state index contributed by atoms with van der Waals surface area (Å²) >= 11 is 6.04. The number of ether oxygens (including phenoxy) is 3. The zero-order valence-electron chi connectivity index (χ0n) is 33.9. The van der Waals surface area contributed by atoms with Gasteiger partial charge in [-0.25, -0.2) is 9.78 Å². The molecule has 0 saturated heterocycles. The van der Waals surface area contributed by atoms with Crippen molar-refractivity contribution in [3.8, 4) is 11.9 Å². The largest absolute Gasteiger partial charge is 0.476 e. The van der Waals surface area contributed by atoms with E-state index in [1.165, 1.54) is 42.6 Å². The molecule has 0 bridgehead atoms. The van der Waals surface area contributed by atoms with Crippen molar-refractivity contribution in [3.05, 3.63) is 118 Å². The number of alkyl halides is 3. The van der Waals surface area contributed by atoms with Gasteiger partial charge in [0.05, 0.1) is 42.2 Å². The number of anilines is 4. The van der Waals surface area contributed by atoms with Crippen molar-refractivity contribution < 1.29 is 56.1 Å². The zero-order valence-corrected chi connectivity index (χ0v) is 34.7. The number of carbonyl (C=O) groups is 6. The predicted octanol–water partition coefficient (Wildman–Crippen LogP) is 4.41. The molecule has 0 radical (unpaired) electrons. The van der Waals surface area contributed by atoms with Crippen LogP contribution in [0.1, 0.15) is 49.5 Å². The number of hydrogen-bond acceptors (Lipinski definition) is 15. The minimum atomic E-state index is -4.66. The van der Waals surface area contributed by atoms with Gasteiger partial charge in [-0.3, -0.25) is 28.9 Å². The van der Waals surface area contributed by atoms with Crippen LogP contribution in [0.2, 0.25) is 5.02 Å². The average molecular weight is 917 g/mol. The van der Waals surface area contributed by atoms with Gasteiger partial charge < -0.3 is 40.8 Å². The first-order valence-corrected chi connectivity index (χ1v) is 19.9. The third-order valence-electron chi connectivity index (χ3n) is 9.78. The zero-order chi connectivity index (χ0) is 46.3. The summed E-state index contributed by atoms with van der Waals surface area (Å²) in [6.45, 7) is -2.28. The number of rotatable bonds is 17. The molecule has 0 spiro atoms. The molecule has 65 heavy (non-hydrogen) atoms. The quantitative estimate of drug-likeness (QED) is 0.0493. The summed E-state index contributed by atoms with van der Waals surface area (Å²) in [6.07, 6.45) is -2.09. The molecule has 1 aliphatic heterocycles. The van der Waals surface area contributed by atoms with Crippen LogP contribution in [0.5, 0.6) is 11.9 Å². The molecule has 3 heterocycles. The number of benzene rings is 3. The van der Waals surface area contributed by atoms with Crippen molar-refractivity contribution in [2.45, 2.75) is 30.6 Å². The monoisotopic (exact) mass is 916 g/mol. The molecule has 1 aliphatic carbocycles. The molecular formula is C42H36ClF3N10O9. The standard InChI is InChI=1S/C42H36ClF3N10O9/c1-63-37(62)30(21-48-33(58)34(59)49-27-14-15-31(47-20-27)64-19-18-56-35(60)28-4-2-3-5-29(28)36(56)61)51-32(57)23-6-12-26(13-7-23)50-38-52-39(54-40(53-38)65-22-42(44,45)46)55-41(16-17-41)24-8-10-25(43)11-9-24/h2-15,20,30H,16-19,21-22H2,1H3,(H,48,58)(H,49,59)(H,51,57)(H2,50,52,53,54,55)/t30-/m0/s1. The molecule has 5 aromatic rings. The summed E-state index contributed by atoms with van der Waals surface area (Å²) in [5, 5.41) is 13.6. The normalized spacial score (nSPS) is 14.1. The van der Waals surface area contributed by atoms with E-state index in [1.807, 2.05) is 12.1 Å². The second-order valence-electron chi connectivity index (χ2n) is 14.3. The fourth-order valence-electron chi connectivity index (χ4n) is 6.37. The first-order valence-electron chi connectivity index (χ1n) is 19.5. The maximum atomic E-state index is 13.2. The number of methoxy groups -OCH3 is 1. The van der Waals surface area contributed by atoms with Crippen LogP contribution in [0.3, 0.4) is 0 Å². The Bertz CT molecular complexity index is 2580. The van der Waals surface area contributed by atoms with Gasteiger partial charge in [0.25, 0.3) is 17.7 Å².